The Bertz CT molecular complexity index is 1000. The summed E-state index contributed by atoms with van der Waals surface area (Å²) in [5.74, 6) is -0.772. The first-order valence-corrected chi connectivity index (χ1v) is 10.8. The zero-order chi connectivity index (χ0) is 23.0. The molecule has 0 aliphatic carbocycles. The second-order valence-electron chi connectivity index (χ2n) is 9.17. The van der Waals surface area contributed by atoms with Crippen molar-refractivity contribution in [2.24, 2.45) is 0 Å². The number of carbonyl (C=O) groups excluding carboxylic acids is 3. The van der Waals surface area contributed by atoms with E-state index < -0.39 is 35.8 Å². The first-order chi connectivity index (χ1) is 15.2. The van der Waals surface area contributed by atoms with E-state index in [2.05, 4.69) is 0 Å². The monoisotopic (exact) mass is 436 g/mol. The highest BCUT2D eigenvalue weighted by Crippen LogP contribution is 2.44. The van der Waals surface area contributed by atoms with Crippen LogP contribution in [0, 0.1) is 0 Å². The third-order valence-corrected chi connectivity index (χ3v) is 5.81. The molecule has 2 saturated heterocycles. The molecule has 168 valence electrons. The lowest BCUT2D eigenvalue weighted by atomic mass is 9.84. The van der Waals surface area contributed by atoms with E-state index in [-0.39, 0.29) is 18.6 Å². The fourth-order valence-electron chi connectivity index (χ4n) is 4.36. The molecular weight excluding hydrogens is 408 g/mol. The predicted molar refractivity (Wildman–Crippen MR) is 117 cm³/mol. The molecule has 0 unspecified atom stereocenters. The summed E-state index contributed by atoms with van der Waals surface area (Å²) in [5.41, 5.74) is 1.08. The summed E-state index contributed by atoms with van der Waals surface area (Å²) in [4.78, 5) is 42.0. The van der Waals surface area contributed by atoms with Crippen molar-refractivity contribution in [3.05, 3.63) is 71.8 Å². The second-order valence-corrected chi connectivity index (χ2v) is 9.17. The van der Waals surface area contributed by atoms with E-state index in [4.69, 9.17) is 9.47 Å². The number of cyclic esters (lactones) is 1. The van der Waals surface area contributed by atoms with Crippen LogP contribution in [0.3, 0.4) is 0 Å². The number of benzene rings is 2. The van der Waals surface area contributed by atoms with Crippen molar-refractivity contribution in [2.45, 2.75) is 57.5 Å². The van der Waals surface area contributed by atoms with Crippen LogP contribution in [0.2, 0.25) is 0 Å². The molecule has 0 radical (unpaired) electrons. The third-order valence-electron chi connectivity index (χ3n) is 5.81. The molecule has 4 rings (SSSR count). The van der Waals surface area contributed by atoms with Gasteiger partial charge in [-0.1, -0.05) is 60.7 Å². The van der Waals surface area contributed by atoms with Gasteiger partial charge in [0, 0.05) is 0 Å². The van der Waals surface area contributed by atoms with Crippen molar-refractivity contribution in [1.82, 2.24) is 9.80 Å². The summed E-state index contributed by atoms with van der Waals surface area (Å²) in [6.45, 7) is 7.21. The van der Waals surface area contributed by atoms with Gasteiger partial charge in [-0.15, -0.1) is 0 Å². The van der Waals surface area contributed by atoms with Gasteiger partial charge >= 0.3 is 12.1 Å². The lowest BCUT2D eigenvalue weighted by molar-refractivity contribution is -0.178. The minimum absolute atomic E-state index is 0.176. The maximum absolute atomic E-state index is 13.4. The molecular formula is C25H28N2O5. The summed E-state index contributed by atoms with van der Waals surface area (Å²) in [6, 6.07) is 16.6. The quantitative estimate of drug-likeness (QED) is 0.526. The Hall–Kier alpha value is -3.35. The van der Waals surface area contributed by atoms with Crippen LogP contribution in [-0.2, 0) is 19.1 Å². The highest BCUT2D eigenvalue weighted by molar-refractivity contribution is 5.96. The molecule has 32 heavy (non-hydrogen) atoms. The van der Waals surface area contributed by atoms with Gasteiger partial charge in [-0.05, 0) is 38.8 Å². The fraction of sp³-hybridized carbons (Fsp3) is 0.400. The standard InChI is InChI=1S/C25H28N2O5/c1-16(23(29)32-25(2,3)4)26-20(18-13-9-6-10-14-18)21(22(26)28)27-19(15-31-24(27)30)17-11-7-5-8-12-17/h5-14,16,19-21H,15H2,1-4H3/t16-,19-,20-,21+/m1/s1. The minimum Gasteiger partial charge on any atom is -0.458 e. The average Bonchev–Trinajstić information content (AvgIpc) is 3.12. The molecule has 2 aliphatic rings. The van der Waals surface area contributed by atoms with E-state index >= 15 is 0 Å². The van der Waals surface area contributed by atoms with Gasteiger partial charge in [0.15, 0.2) is 0 Å². The van der Waals surface area contributed by atoms with Crippen LogP contribution < -0.4 is 0 Å². The van der Waals surface area contributed by atoms with Crippen molar-refractivity contribution in [1.29, 1.82) is 0 Å². The number of hydrogen-bond acceptors (Lipinski definition) is 5. The van der Waals surface area contributed by atoms with Crippen molar-refractivity contribution >= 4 is 18.0 Å². The van der Waals surface area contributed by atoms with Gasteiger partial charge in [-0.2, -0.15) is 0 Å². The molecule has 2 amide bonds. The first kappa shape index (κ1) is 21.9. The topological polar surface area (TPSA) is 76.2 Å². The molecule has 2 heterocycles. The van der Waals surface area contributed by atoms with Gasteiger partial charge in [0.25, 0.3) is 0 Å². The number of hydrogen-bond donors (Lipinski definition) is 0. The Kier molecular flexibility index (Phi) is 5.67. The Morgan fingerprint density at radius 2 is 1.53 bits per heavy atom. The molecule has 0 aromatic heterocycles. The molecule has 0 saturated carbocycles. The Balaban J connectivity index is 1.68. The van der Waals surface area contributed by atoms with E-state index in [9.17, 15) is 14.4 Å². The van der Waals surface area contributed by atoms with Crippen LogP contribution in [0.4, 0.5) is 4.79 Å². The van der Waals surface area contributed by atoms with Crippen LogP contribution >= 0.6 is 0 Å². The highest BCUT2D eigenvalue weighted by Gasteiger charge is 2.59. The third kappa shape index (κ3) is 3.95. The SMILES string of the molecule is C[C@H](C(=O)OC(C)(C)C)N1C(=O)[C@@H](N2C(=O)OC[C@@H]2c2ccccc2)[C@H]1c1ccccc1. The molecule has 2 aliphatic heterocycles. The number of likely N-dealkylation sites (tertiary alicyclic amines) is 1. The van der Waals surface area contributed by atoms with Crippen molar-refractivity contribution in [3.8, 4) is 0 Å². The molecule has 2 aromatic carbocycles. The van der Waals surface area contributed by atoms with Crippen LogP contribution in [0.5, 0.6) is 0 Å². The van der Waals surface area contributed by atoms with Gasteiger partial charge in [0.1, 0.15) is 24.3 Å². The summed E-state index contributed by atoms with van der Waals surface area (Å²) in [5, 5.41) is 0. The molecule has 2 aromatic rings. The van der Waals surface area contributed by atoms with Gasteiger partial charge < -0.3 is 14.4 Å². The fourth-order valence-corrected chi connectivity index (χ4v) is 4.36. The number of amides is 2. The maximum Gasteiger partial charge on any atom is 0.411 e. The molecule has 7 heteroatoms. The van der Waals surface area contributed by atoms with Crippen LogP contribution in [0.25, 0.3) is 0 Å². The van der Waals surface area contributed by atoms with Gasteiger partial charge in [-0.25, -0.2) is 9.59 Å². The van der Waals surface area contributed by atoms with E-state index in [1.807, 2.05) is 60.7 Å². The number of ether oxygens (including phenoxy) is 2. The number of nitrogens with zero attached hydrogens (tertiary/aromatic N) is 2. The lowest BCUT2D eigenvalue weighted by Crippen LogP contribution is -2.69. The number of rotatable bonds is 5. The van der Waals surface area contributed by atoms with Crippen molar-refractivity contribution < 1.29 is 23.9 Å². The summed E-state index contributed by atoms with van der Waals surface area (Å²) in [7, 11) is 0. The number of β-lactam (4-membered cyclic amide) rings is 1. The van der Waals surface area contributed by atoms with Gasteiger partial charge in [-0.3, -0.25) is 9.69 Å². The van der Waals surface area contributed by atoms with Crippen LogP contribution in [0.15, 0.2) is 60.7 Å². The molecule has 0 N–H and O–H groups in total. The largest absolute Gasteiger partial charge is 0.458 e. The molecule has 0 bridgehead atoms. The predicted octanol–water partition coefficient (Wildman–Crippen LogP) is 3.86. The summed E-state index contributed by atoms with van der Waals surface area (Å²) < 4.78 is 10.9. The molecule has 2 fully saturated rings. The smallest absolute Gasteiger partial charge is 0.411 e. The summed E-state index contributed by atoms with van der Waals surface area (Å²) >= 11 is 0. The average molecular weight is 437 g/mol. The van der Waals surface area contributed by atoms with Gasteiger partial charge in [0.05, 0.1) is 12.1 Å². The zero-order valence-electron chi connectivity index (χ0n) is 18.7. The van der Waals surface area contributed by atoms with Crippen LogP contribution in [0.1, 0.15) is 50.9 Å². The van der Waals surface area contributed by atoms with E-state index in [1.165, 1.54) is 9.80 Å². The minimum atomic E-state index is -0.794. The molecule has 7 nitrogen and oxygen atoms in total. The Morgan fingerprint density at radius 3 is 2.09 bits per heavy atom. The lowest BCUT2D eigenvalue weighted by Gasteiger charge is -2.52. The van der Waals surface area contributed by atoms with Crippen molar-refractivity contribution in [3.63, 3.8) is 0 Å². The molecule has 4 atom stereocenters. The van der Waals surface area contributed by atoms with E-state index in [0.29, 0.717) is 0 Å². The van der Waals surface area contributed by atoms with Gasteiger partial charge in [0.2, 0.25) is 5.91 Å². The van der Waals surface area contributed by atoms with Crippen LogP contribution in [-0.4, -0.2) is 52.1 Å². The number of carbonyl (C=O) groups is 3. The van der Waals surface area contributed by atoms with Crippen molar-refractivity contribution in [2.75, 3.05) is 6.61 Å². The summed E-state index contributed by atoms with van der Waals surface area (Å²) in [6.07, 6.45) is -0.525. The maximum atomic E-state index is 13.4. The normalized spacial score (nSPS) is 24.1. The Morgan fingerprint density at radius 1 is 0.969 bits per heavy atom. The zero-order valence-corrected chi connectivity index (χ0v) is 18.7. The number of esters is 1. The second kappa shape index (κ2) is 8.30. The van der Waals surface area contributed by atoms with E-state index in [1.54, 1.807) is 27.7 Å². The Labute approximate surface area is 187 Å². The van der Waals surface area contributed by atoms with E-state index in [0.717, 1.165) is 11.1 Å². The first-order valence-electron chi connectivity index (χ1n) is 10.8. The highest BCUT2D eigenvalue weighted by atomic mass is 16.6. The molecule has 0 spiro atoms.